The lowest BCUT2D eigenvalue weighted by Gasteiger charge is -2.35. The molecule has 0 bridgehead atoms. The molecule has 0 spiro atoms. The zero-order chi connectivity index (χ0) is 21.8. The smallest absolute Gasteiger partial charge is 0.259 e. The molecule has 3 aromatic rings. The summed E-state index contributed by atoms with van der Waals surface area (Å²) < 4.78 is 33.4. The lowest BCUT2D eigenvalue weighted by molar-refractivity contribution is 0.0530. The van der Waals surface area contributed by atoms with Gasteiger partial charge in [-0.05, 0) is 48.5 Å². The van der Waals surface area contributed by atoms with Crippen LogP contribution in [0, 0.1) is 11.6 Å². The van der Waals surface area contributed by atoms with Gasteiger partial charge in [-0.25, -0.2) is 8.78 Å². The molecule has 1 aliphatic heterocycles. The first-order valence-corrected chi connectivity index (χ1v) is 9.73. The average Bonchev–Trinajstić information content (AvgIpc) is 2.80. The summed E-state index contributed by atoms with van der Waals surface area (Å²) in [5, 5.41) is 0. The number of hydrogen-bond acceptors (Lipinski definition) is 4. The summed E-state index contributed by atoms with van der Waals surface area (Å²) in [5.74, 6) is -1.51. The standard InChI is InChI=1S/C23H19F2N3O3/c24-19-4-1-5-20(25)21(19)23(30)28-13-11-27(12-14-28)22(29)16-6-8-17(9-7-16)31-18-3-2-10-26-15-18/h1-10,15H,11-14H2. The molecule has 2 amide bonds. The van der Waals surface area contributed by atoms with Crippen molar-refractivity contribution in [2.24, 2.45) is 0 Å². The van der Waals surface area contributed by atoms with Gasteiger partial charge < -0.3 is 14.5 Å². The highest BCUT2D eigenvalue weighted by Gasteiger charge is 2.28. The number of carbonyl (C=O) groups excluding carboxylic acids is 2. The van der Waals surface area contributed by atoms with Gasteiger partial charge in [-0.2, -0.15) is 0 Å². The summed E-state index contributed by atoms with van der Waals surface area (Å²) in [4.78, 5) is 32.2. The van der Waals surface area contributed by atoms with Crippen LogP contribution in [0.2, 0.25) is 0 Å². The third-order valence-corrected chi connectivity index (χ3v) is 5.00. The van der Waals surface area contributed by atoms with E-state index in [1.54, 1.807) is 53.7 Å². The van der Waals surface area contributed by atoms with Crippen molar-refractivity contribution >= 4 is 11.8 Å². The van der Waals surface area contributed by atoms with Gasteiger partial charge in [-0.3, -0.25) is 14.6 Å². The summed E-state index contributed by atoms with van der Waals surface area (Å²) in [7, 11) is 0. The van der Waals surface area contributed by atoms with Gasteiger partial charge in [0.15, 0.2) is 0 Å². The first kappa shape index (κ1) is 20.5. The van der Waals surface area contributed by atoms with Crippen LogP contribution in [-0.4, -0.2) is 52.8 Å². The fourth-order valence-electron chi connectivity index (χ4n) is 3.36. The second-order valence-corrected chi connectivity index (χ2v) is 7.00. The minimum atomic E-state index is -0.892. The Morgan fingerprint density at radius 1 is 0.774 bits per heavy atom. The van der Waals surface area contributed by atoms with Crippen LogP contribution in [-0.2, 0) is 0 Å². The van der Waals surface area contributed by atoms with Crippen molar-refractivity contribution < 1.29 is 23.1 Å². The molecular formula is C23H19F2N3O3. The van der Waals surface area contributed by atoms with E-state index in [1.807, 2.05) is 0 Å². The third kappa shape index (κ3) is 4.53. The second kappa shape index (κ2) is 8.91. The number of rotatable bonds is 4. The van der Waals surface area contributed by atoms with Crippen molar-refractivity contribution in [3.63, 3.8) is 0 Å². The number of amides is 2. The minimum absolute atomic E-state index is 0.183. The molecule has 1 aromatic heterocycles. The van der Waals surface area contributed by atoms with Crippen LogP contribution in [0.15, 0.2) is 67.0 Å². The lowest BCUT2D eigenvalue weighted by atomic mass is 10.1. The summed E-state index contributed by atoms with van der Waals surface area (Å²) in [6.07, 6.45) is 3.24. The Morgan fingerprint density at radius 2 is 1.39 bits per heavy atom. The van der Waals surface area contributed by atoms with E-state index in [4.69, 9.17) is 4.74 Å². The SMILES string of the molecule is O=C(c1ccc(Oc2cccnc2)cc1)N1CCN(C(=O)c2c(F)cccc2F)CC1. The fraction of sp³-hybridized carbons (Fsp3) is 0.174. The quantitative estimate of drug-likeness (QED) is 0.641. The minimum Gasteiger partial charge on any atom is -0.456 e. The maximum atomic E-state index is 13.9. The second-order valence-electron chi connectivity index (χ2n) is 7.00. The molecule has 0 unspecified atom stereocenters. The first-order valence-electron chi connectivity index (χ1n) is 9.73. The molecule has 4 rings (SSSR count). The Bertz CT molecular complexity index is 1060. The zero-order valence-corrected chi connectivity index (χ0v) is 16.5. The van der Waals surface area contributed by atoms with Crippen LogP contribution in [0.25, 0.3) is 0 Å². The summed E-state index contributed by atoms with van der Waals surface area (Å²) in [5.41, 5.74) is -0.0788. The molecule has 8 heteroatoms. The highest BCUT2D eigenvalue weighted by molar-refractivity contribution is 5.96. The largest absolute Gasteiger partial charge is 0.456 e. The Balaban J connectivity index is 1.36. The molecular weight excluding hydrogens is 404 g/mol. The number of hydrogen-bond donors (Lipinski definition) is 0. The van der Waals surface area contributed by atoms with E-state index in [9.17, 15) is 18.4 Å². The summed E-state index contributed by atoms with van der Waals surface area (Å²) in [6, 6.07) is 13.6. The molecule has 0 radical (unpaired) electrons. The van der Waals surface area contributed by atoms with E-state index in [-0.39, 0.29) is 32.1 Å². The molecule has 6 nitrogen and oxygen atoms in total. The van der Waals surface area contributed by atoms with Gasteiger partial charge in [0.25, 0.3) is 11.8 Å². The Kier molecular flexibility index (Phi) is 5.88. The normalized spacial score (nSPS) is 13.7. The maximum absolute atomic E-state index is 13.9. The zero-order valence-electron chi connectivity index (χ0n) is 16.5. The summed E-state index contributed by atoms with van der Waals surface area (Å²) in [6.45, 7) is 0.935. The predicted octanol–water partition coefficient (Wildman–Crippen LogP) is 3.75. The number of ether oxygens (including phenoxy) is 1. The maximum Gasteiger partial charge on any atom is 0.259 e. The number of aromatic nitrogens is 1. The number of pyridine rings is 1. The van der Waals surface area contributed by atoms with Crippen LogP contribution in [0.3, 0.4) is 0 Å². The van der Waals surface area contributed by atoms with E-state index in [0.717, 1.165) is 12.1 Å². The van der Waals surface area contributed by atoms with Crippen LogP contribution < -0.4 is 4.74 Å². The molecule has 158 valence electrons. The van der Waals surface area contributed by atoms with Crippen LogP contribution >= 0.6 is 0 Å². The fourth-order valence-corrected chi connectivity index (χ4v) is 3.36. The van der Waals surface area contributed by atoms with Crippen molar-refractivity contribution in [3.05, 3.63) is 89.8 Å². The number of piperazine rings is 1. The molecule has 0 atom stereocenters. The molecule has 0 N–H and O–H groups in total. The van der Waals surface area contributed by atoms with Gasteiger partial charge in [-0.15, -0.1) is 0 Å². The van der Waals surface area contributed by atoms with Gasteiger partial charge in [0.1, 0.15) is 28.7 Å². The molecule has 1 aliphatic rings. The molecule has 1 saturated heterocycles. The Labute approximate surface area is 177 Å². The van der Waals surface area contributed by atoms with Crippen molar-refractivity contribution in [1.82, 2.24) is 14.8 Å². The molecule has 2 heterocycles. The van der Waals surface area contributed by atoms with Crippen molar-refractivity contribution in [3.8, 4) is 11.5 Å². The lowest BCUT2D eigenvalue weighted by Crippen LogP contribution is -2.50. The topological polar surface area (TPSA) is 62.7 Å². The van der Waals surface area contributed by atoms with E-state index in [1.165, 1.54) is 11.0 Å². The molecule has 2 aromatic carbocycles. The van der Waals surface area contributed by atoms with E-state index < -0.39 is 23.1 Å². The van der Waals surface area contributed by atoms with E-state index in [2.05, 4.69) is 4.98 Å². The van der Waals surface area contributed by atoms with Crippen molar-refractivity contribution in [2.75, 3.05) is 26.2 Å². The summed E-state index contributed by atoms with van der Waals surface area (Å²) >= 11 is 0. The average molecular weight is 423 g/mol. The Hall–Kier alpha value is -3.81. The predicted molar refractivity (Wildman–Crippen MR) is 109 cm³/mol. The van der Waals surface area contributed by atoms with Gasteiger partial charge in [0.2, 0.25) is 0 Å². The van der Waals surface area contributed by atoms with Crippen molar-refractivity contribution in [1.29, 1.82) is 0 Å². The number of carbonyl (C=O) groups is 2. The van der Waals surface area contributed by atoms with Crippen LogP contribution in [0.1, 0.15) is 20.7 Å². The van der Waals surface area contributed by atoms with E-state index in [0.29, 0.717) is 17.1 Å². The van der Waals surface area contributed by atoms with Crippen LogP contribution in [0.4, 0.5) is 8.78 Å². The molecule has 1 fully saturated rings. The van der Waals surface area contributed by atoms with E-state index >= 15 is 0 Å². The van der Waals surface area contributed by atoms with Crippen molar-refractivity contribution in [2.45, 2.75) is 0 Å². The van der Waals surface area contributed by atoms with Crippen LogP contribution in [0.5, 0.6) is 11.5 Å². The highest BCUT2D eigenvalue weighted by atomic mass is 19.1. The van der Waals surface area contributed by atoms with Gasteiger partial charge in [-0.1, -0.05) is 6.07 Å². The third-order valence-electron chi connectivity index (χ3n) is 5.00. The highest BCUT2D eigenvalue weighted by Crippen LogP contribution is 2.22. The van der Waals surface area contributed by atoms with Gasteiger partial charge in [0, 0.05) is 37.9 Å². The Morgan fingerprint density at radius 3 is 1.97 bits per heavy atom. The van der Waals surface area contributed by atoms with Gasteiger partial charge >= 0.3 is 0 Å². The van der Waals surface area contributed by atoms with Gasteiger partial charge in [0.05, 0.1) is 6.20 Å². The molecule has 0 aliphatic carbocycles. The molecule has 31 heavy (non-hydrogen) atoms. The number of nitrogens with zero attached hydrogens (tertiary/aromatic N) is 3. The first-order chi connectivity index (χ1) is 15.0. The number of benzene rings is 2. The monoisotopic (exact) mass is 423 g/mol. The number of halogens is 2. The molecule has 0 saturated carbocycles.